The fourth-order valence-electron chi connectivity index (χ4n) is 2.55. The molecule has 1 aliphatic rings. The van der Waals surface area contributed by atoms with E-state index in [4.69, 9.17) is 4.74 Å². The van der Waals surface area contributed by atoms with Crippen molar-refractivity contribution >= 4 is 12.0 Å². The summed E-state index contributed by atoms with van der Waals surface area (Å²) < 4.78 is 5.27. The van der Waals surface area contributed by atoms with Crippen molar-refractivity contribution < 1.29 is 14.3 Å². The van der Waals surface area contributed by atoms with Crippen molar-refractivity contribution in [2.45, 2.75) is 52.1 Å². The first kappa shape index (κ1) is 15.5. The second-order valence-corrected chi connectivity index (χ2v) is 6.63. The largest absolute Gasteiger partial charge is 0.443 e. The zero-order valence-corrected chi connectivity index (χ0v) is 13.2. The summed E-state index contributed by atoms with van der Waals surface area (Å²) in [5, 5.41) is 0. The predicted octanol–water partition coefficient (Wildman–Crippen LogP) is 3.64. The molecule has 0 spiro atoms. The second kappa shape index (κ2) is 5.88. The minimum Gasteiger partial charge on any atom is -0.443 e. The number of likely N-dealkylation sites (tertiary alicyclic amines) is 1. The molecule has 1 saturated heterocycles. The van der Waals surface area contributed by atoms with Crippen LogP contribution in [0.3, 0.4) is 0 Å². The first-order valence-corrected chi connectivity index (χ1v) is 7.36. The lowest BCUT2D eigenvalue weighted by molar-refractivity contribution is -0.132. The molecule has 4 heteroatoms. The molecular formula is C17H23NO3. The zero-order valence-electron chi connectivity index (χ0n) is 13.2. The van der Waals surface area contributed by atoms with Crippen molar-refractivity contribution in [3.05, 3.63) is 35.4 Å². The first-order valence-electron chi connectivity index (χ1n) is 7.36. The molecule has 0 aliphatic carbocycles. The van der Waals surface area contributed by atoms with Crippen LogP contribution in [0.5, 0.6) is 0 Å². The van der Waals surface area contributed by atoms with Crippen LogP contribution in [0.1, 0.15) is 50.7 Å². The number of rotatable bonds is 1. The van der Waals surface area contributed by atoms with Crippen LogP contribution in [0, 0.1) is 6.92 Å². The van der Waals surface area contributed by atoms with Gasteiger partial charge < -0.3 is 4.74 Å². The highest BCUT2D eigenvalue weighted by Gasteiger charge is 2.33. The third kappa shape index (κ3) is 4.06. The third-order valence-electron chi connectivity index (χ3n) is 3.55. The zero-order chi connectivity index (χ0) is 15.6. The number of aryl methyl sites for hydroxylation is 1. The Hall–Kier alpha value is -1.84. The molecule has 21 heavy (non-hydrogen) atoms. The second-order valence-electron chi connectivity index (χ2n) is 6.63. The topological polar surface area (TPSA) is 46.6 Å². The number of carbonyl (C=O) groups is 2. The van der Waals surface area contributed by atoms with E-state index in [2.05, 4.69) is 6.07 Å². The number of hydrogen-bond donors (Lipinski definition) is 0. The number of benzene rings is 1. The van der Waals surface area contributed by atoms with Gasteiger partial charge in [-0.2, -0.15) is 0 Å². The molecule has 0 bridgehead atoms. The van der Waals surface area contributed by atoms with E-state index in [9.17, 15) is 9.59 Å². The van der Waals surface area contributed by atoms with Gasteiger partial charge in [0.15, 0.2) is 0 Å². The highest BCUT2D eigenvalue weighted by atomic mass is 16.6. The molecule has 1 aromatic rings. The maximum absolute atomic E-state index is 12.2. The highest BCUT2D eigenvalue weighted by Crippen LogP contribution is 2.29. The maximum Gasteiger partial charge on any atom is 0.417 e. The van der Waals surface area contributed by atoms with E-state index in [1.807, 2.05) is 25.1 Å². The number of carbonyl (C=O) groups excluding carboxylic acids is 2. The molecule has 4 nitrogen and oxygen atoms in total. The van der Waals surface area contributed by atoms with Gasteiger partial charge in [-0.15, -0.1) is 0 Å². The van der Waals surface area contributed by atoms with Crippen molar-refractivity contribution in [2.75, 3.05) is 6.54 Å². The van der Waals surface area contributed by atoms with Gasteiger partial charge in [-0.1, -0.05) is 29.8 Å². The minimum absolute atomic E-state index is 0.151. The summed E-state index contributed by atoms with van der Waals surface area (Å²) in [5.41, 5.74) is 1.78. The number of hydrogen-bond acceptors (Lipinski definition) is 3. The Labute approximate surface area is 126 Å². The number of imide groups is 1. The molecule has 1 atom stereocenters. The fourth-order valence-corrected chi connectivity index (χ4v) is 2.55. The Morgan fingerprint density at radius 2 is 2.05 bits per heavy atom. The lowest BCUT2D eigenvalue weighted by atomic mass is 9.88. The van der Waals surface area contributed by atoms with Crippen LogP contribution in [-0.2, 0) is 9.53 Å². The maximum atomic E-state index is 12.2. The van der Waals surface area contributed by atoms with Crippen LogP contribution in [0.4, 0.5) is 4.79 Å². The Kier molecular flexibility index (Phi) is 4.35. The van der Waals surface area contributed by atoms with E-state index >= 15 is 0 Å². The summed E-state index contributed by atoms with van der Waals surface area (Å²) in [6.45, 7) is 7.87. The summed E-state index contributed by atoms with van der Waals surface area (Å²) in [7, 11) is 0. The summed E-state index contributed by atoms with van der Waals surface area (Å²) >= 11 is 0. The highest BCUT2D eigenvalue weighted by molar-refractivity contribution is 5.93. The Morgan fingerprint density at radius 3 is 2.62 bits per heavy atom. The Balaban J connectivity index is 2.02. The smallest absolute Gasteiger partial charge is 0.417 e. The summed E-state index contributed by atoms with van der Waals surface area (Å²) in [4.78, 5) is 25.5. The SMILES string of the molecule is Cc1cccc([C@H]2CCN(C(=O)OC(C)(C)C)C(=O)C2)c1. The summed E-state index contributed by atoms with van der Waals surface area (Å²) in [6, 6.07) is 8.21. The van der Waals surface area contributed by atoms with Gasteiger partial charge >= 0.3 is 6.09 Å². The lowest BCUT2D eigenvalue weighted by Gasteiger charge is -2.32. The predicted molar refractivity (Wildman–Crippen MR) is 81.1 cm³/mol. The quantitative estimate of drug-likeness (QED) is 0.793. The van der Waals surface area contributed by atoms with Gasteiger partial charge in [0.25, 0.3) is 0 Å². The van der Waals surface area contributed by atoms with E-state index in [0.717, 1.165) is 6.42 Å². The van der Waals surface area contributed by atoms with E-state index < -0.39 is 11.7 Å². The van der Waals surface area contributed by atoms with Crippen molar-refractivity contribution in [3.8, 4) is 0 Å². The van der Waals surface area contributed by atoms with Crippen LogP contribution in [0.2, 0.25) is 0 Å². The average molecular weight is 289 g/mol. The van der Waals surface area contributed by atoms with Gasteiger partial charge in [-0.25, -0.2) is 9.69 Å². The van der Waals surface area contributed by atoms with Gasteiger partial charge in [-0.3, -0.25) is 4.79 Å². The van der Waals surface area contributed by atoms with Gasteiger partial charge in [0, 0.05) is 13.0 Å². The molecular weight excluding hydrogens is 266 g/mol. The molecule has 114 valence electrons. The summed E-state index contributed by atoms with van der Waals surface area (Å²) in [5.74, 6) is 0.0399. The summed E-state index contributed by atoms with van der Waals surface area (Å²) in [6.07, 6.45) is 0.618. The van der Waals surface area contributed by atoms with Crippen molar-refractivity contribution in [1.29, 1.82) is 0 Å². The molecule has 0 saturated carbocycles. The number of amides is 2. The number of nitrogens with zero attached hydrogens (tertiary/aromatic N) is 1. The van der Waals surface area contributed by atoms with Crippen molar-refractivity contribution in [2.24, 2.45) is 0 Å². The van der Waals surface area contributed by atoms with E-state index in [-0.39, 0.29) is 11.8 Å². The van der Waals surface area contributed by atoms with E-state index in [1.54, 1.807) is 20.8 Å². The molecule has 0 unspecified atom stereocenters. The van der Waals surface area contributed by atoms with Crippen molar-refractivity contribution in [3.63, 3.8) is 0 Å². The monoisotopic (exact) mass is 289 g/mol. The standard InChI is InChI=1S/C17H23NO3/c1-12-6-5-7-13(10-12)14-8-9-18(15(19)11-14)16(20)21-17(2,3)4/h5-7,10,14H,8-9,11H2,1-4H3/t14-/m0/s1. The molecule has 0 aromatic heterocycles. The average Bonchev–Trinajstić information content (AvgIpc) is 2.36. The molecule has 1 aromatic carbocycles. The Morgan fingerprint density at radius 1 is 1.33 bits per heavy atom. The third-order valence-corrected chi connectivity index (χ3v) is 3.55. The van der Waals surface area contributed by atoms with Gasteiger partial charge in [0.1, 0.15) is 5.60 Å². The molecule has 1 fully saturated rings. The number of ether oxygens (including phenoxy) is 1. The van der Waals surface area contributed by atoms with Crippen LogP contribution >= 0.6 is 0 Å². The first-order chi connectivity index (χ1) is 9.76. The van der Waals surface area contributed by atoms with Gasteiger partial charge in [0.2, 0.25) is 5.91 Å². The van der Waals surface area contributed by atoms with Crippen LogP contribution < -0.4 is 0 Å². The molecule has 0 N–H and O–H groups in total. The minimum atomic E-state index is -0.579. The molecule has 2 amide bonds. The van der Waals surface area contributed by atoms with Crippen molar-refractivity contribution in [1.82, 2.24) is 4.90 Å². The van der Waals surface area contributed by atoms with Gasteiger partial charge in [0.05, 0.1) is 0 Å². The lowest BCUT2D eigenvalue weighted by Crippen LogP contribution is -2.44. The van der Waals surface area contributed by atoms with E-state index in [1.165, 1.54) is 16.0 Å². The molecule has 1 aliphatic heterocycles. The molecule has 1 heterocycles. The number of piperidine rings is 1. The molecule has 2 rings (SSSR count). The normalized spacial score (nSPS) is 19.5. The fraction of sp³-hybridized carbons (Fsp3) is 0.529. The Bertz CT molecular complexity index is 545. The van der Waals surface area contributed by atoms with Crippen LogP contribution in [0.15, 0.2) is 24.3 Å². The van der Waals surface area contributed by atoms with Gasteiger partial charge in [-0.05, 0) is 45.6 Å². The molecule has 0 radical (unpaired) electrons. The van der Waals surface area contributed by atoms with Crippen LogP contribution in [0.25, 0.3) is 0 Å². The van der Waals surface area contributed by atoms with E-state index in [0.29, 0.717) is 13.0 Å². The van der Waals surface area contributed by atoms with Crippen LogP contribution in [-0.4, -0.2) is 29.0 Å².